The van der Waals surface area contributed by atoms with E-state index in [-0.39, 0.29) is 0 Å². The van der Waals surface area contributed by atoms with Crippen molar-refractivity contribution in [3.8, 4) is 0 Å². The Morgan fingerprint density at radius 1 is 0.929 bits per heavy atom. The molecular formula is C13H21N. The Hall–Kier alpha value is -0.0400. The minimum atomic E-state index is 0.750. The molecule has 1 nitrogen and oxygen atoms in total. The number of nitrogens with zero attached hydrogens (tertiary/aromatic N) is 1. The van der Waals surface area contributed by atoms with Gasteiger partial charge in [-0.25, -0.2) is 0 Å². The van der Waals surface area contributed by atoms with Gasteiger partial charge in [-0.05, 0) is 55.8 Å². The SMILES string of the molecule is CCC1(C2(C3(N4CC4)CC3)CC2)CC1. The maximum absolute atomic E-state index is 2.80. The number of hydrogen-bond acceptors (Lipinski definition) is 1. The van der Waals surface area contributed by atoms with Crippen molar-refractivity contribution in [2.75, 3.05) is 13.1 Å². The third-order valence-corrected chi connectivity index (χ3v) is 5.96. The molecule has 78 valence electrons. The normalized spacial score (nSPS) is 39.2. The van der Waals surface area contributed by atoms with E-state index in [9.17, 15) is 0 Å². The van der Waals surface area contributed by atoms with Gasteiger partial charge in [0.2, 0.25) is 0 Å². The molecule has 1 aliphatic heterocycles. The average Bonchev–Trinajstić information content (AvgIpc) is 3.13. The summed E-state index contributed by atoms with van der Waals surface area (Å²) in [7, 11) is 0. The molecule has 0 spiro atoms. The van der Waals surface area contributed by atoms with Gasteiger partial charge in [-0.15, -0.1) is 0 Å². The molecule has 0 aromatic carbocycles. The topological polar surface area (TPSA) is 3.01 Å². The molecule has 4 fully saturated rings. The molecule has 4 aliphatic rings. The summed E-state index contributed by atoms with van der Waals surface area (Å²) >= 11 is 0. The van der Waals surface area contributed by atoms with Crippen LogP contribution in [0.5, 0.6) is 0 Å². The fourth-order valence-corrected chi connectivity index (χ4v) is 4.63. The van der Waals surface area contributed by atoms with E-state index in [2.05, 4.69) is 11.8 Å². The molecule has 0 unspecified atom stereocenters. The summed E-state index contributed by atoms with van der Waals surface area (Å²) < 4.78 is 0. The highest BCUT2D eigenvalue weighted by atomic mass is 15.4. The fraction of sp³-hybridized carbons (Fsp3) is 1.00. The van der Waals surface area contributed by atoms with E-state index >= 15 is 0 Å². The Kier molecular flexibility index (Phi) is 1.20. The van der Waals surface area contributed by atoms with Gasteiger partial charge >= 0.3 is 0 Å². The lowest BCUT2D eigenvalue weighted by Gasteiger charge is -2.35. The molecule has 1 saturated heterocycles. The van der Waals surface area contributed by atoms with E-state index < -0.39 is 0 Å². The molecule has 0 bridgehead atoms. The van der Waals surface area contributed by atoms with Gasteiger partial charge in [-0.1, -0.05) is 6.92 Å². The van der Waals surface area contributed by atoms with Crippen LogP contribution in [0.2, 0.25) is 0 Å². The van der Waals surface area contributed by atoms with Gasteiger partial charge in [0.05, 0.1) is 0 Å². The Bertz CT molecular complexity index is 278. The van der Waals surface area contributed by atoms with Crippen LogP contribution in [0.4, 0.5) is 0 Å². The quantitative estimate of drug-likeness (QED) is 0.617. The first-order chi connectivity index (χ1) is 6.79. The van der Waals surface area contributed by atoms with Crippen molar-refractivity contribution in [3.05, 3.63) is 0 Å². The molecule has 1 heteroatoms. The van der Waals surface area contributed by atoms with E-state index in [1.165, 1.54) is 32.4 Å². The highest BCUT2D eigenvalue weighted by molar-refractivity contribution is 5.31. The monoisotopic (exact) mass is 191 g/mol. The van der Waals surface area contributed by atoms with E-state index in [4.69, 9.17) is 0 Å². The largest absolute Gasteiger partial charge is 0.295 e. The molecule has 14 heavy (non-hydrogen) atoms. The van der Waals surface area contributed by atoms with Crippen molar-refractivity contribution >= 4 is 0 Å². The summed E-state index contributed by atoms with van der Waals surface area (Å²) in [6, 6.07) is 0. The molecule has 3 saturated carbocycles. The van der Waals surface area contributed by atoms with Gasteiger partial charge in [0, 0.05) is 18.6 Å². The summed E-state index contributed by atoms with van der Waals surface area (Å²) in [6.07, 6.45) is 10.8. The second-order valence-corrected chi connectivity index (χ2v) is 6.23. The van der Waals surface area contributed by atoms with Crippen LogP contribution in [-0.4, -0.2) is 23.5 Å². The molecule has 0 N–H and O–H groups in total. The maximum atomic E-state index is 2.80. The van der Waals surface area contributed by atoms with Gasteiger partial charge in [0.15, 0.2) is 0 Å². The zero-order valence-electron chi connectivity index (χ0n) is 9.31. The van der Waals surface area contributed by atoms with Crippen molar-refractivity contribution in [1.29, 1.82) is 0 Å². The lowest BCUT2D eigenvalue weighted by molar-refractivity contribution is 0.132. The Morgan fingerprint density at radius 3 is 1.86 bits per heavy atom. The zero-order valence-corrected chi connectivity index (χ0v) is 9.31. The van der Waals surface area contributed by atoms with Crippen molar-refractivity contribution in [2.45, 2.75) is 57.4 Å². The van der Waals surface area contributed by atoms with Crippen LogP contribution < -0.4 is 0 Å². The van der Waals surface area contributed by atoms with E-state index in [1.807, 2.05) is 0 Å². The van der Waals surface area contributed by atoms with Gasteiger partial charge < -0.3 is 0 Å². The van der Waals surface area contributed by atoms with E-state index in [0.717, 1.165) is 16.4 Å². The van der Waals surface area contributed by atoms with Crippen LogP contribution in [0.1, 0.15) is 51.9 Å². The van der Waals surface area contributed by atoms with Gasteiger partial charge in [0.1, 0.15) is 0 Å². The summed E-state index contributed by atoms with van der Waals surface area (Å²) in [5.74, 6) is 0. The number of rotatable bonds is 4. The Balaban J connectivity index is 1.70. The summed E-state index contributed by atoms with van der Waals surface area (Å²) in [5, 5.41) is 0. The van der Waals surface area contributed by atoms with Crippen LogP contribution in [-0.2, 0) is 0 Å². The van der Waals surface area contributed by atoms with Gasteiger partial charge in [0.25, 0.3) is 0 Å². The molecule has 3 aliphatic carbocycles. The van der Waals surface area contributed by atoms with Crippen LogP contribution in [0.15, 0.2) is 0 Å². The number of hydrogen-bond donors (Lipinski definition) is 0. The maximum Gasteiger partial charge on any atom is 0.0273 e. The highest BCUT2D eigenvalue weighted by Gasteiger charge is 2.78. The standard InChI is InChI=1S/C13H21N/c1-2-11(3-4-11)12(5-6-12)13(7-8-13)14-9-10-14/h2-10H2,1H3. The van der Waals surface area contributed by atoms with Gasteiger partial charge in [-0.3, -0.25) is 4.90 Å². The average molecular weight is 191 g/mol. The second kappa shape index (κ2) is 2.07. The first kappa shape index (κ1) is 8.15. The second-order valence-electron chi connectivity index (χ2n) is 6.23. The molecule has 0 radical (unpaired) electrons. The lowest BCUT2D eigenvalue weighted by Crippen LogP contribution is -2.39. The third kappa shape index (κ3) is 0.711. The smallest absolute Gasteiger partial charge is 0.0273 e. The molecule has 0 atom stereocenters. The minimum absolute atomic E-state index is 0.750. The van der Waals surface area contributed by atoms with Crippen LogP contribution in [0, 0.1) is 10.8 Å². The zero-order chi connectivity index (χ0) is 9.44. The summed E-state index contributed by atoms with van der Waals surface area (Å²) in [6.45, 7) is 5.27. The minimum Gasteiger partial charge on any atom is -0.295 e. The summed E-state index contributed by atoms with van der Waals surface area (Å²) in [5.41, 5.74) is 2.40. The van der Waals surface area contributed by atoms with Crippen LogP contribution >= 0.6 is 0 Å². The summed E-state index contributed by atoms with van der Waals surface area (Å²) in [4.78, 5) is 2.80. The molecule has 0 aromatic rings. The third-order valence-electron chi connectivity index (χ3n) is 5.96. The Morgan fingerprint density at radius 2 is 1.57 bits per heavy atom. The first-order valence-corrected chi connectivity index (χ1v) is 6.54. The van der Waals surface area contributed by atoms with Crippen molar-refractivity contribution in [3.63, 3.8) is 0 Å². The van der Waals surface area contributed by atoms with Crippen LogP contribution in [0.25, 0.3) is 0 Å². The first-order valence-electron chi connectivity index (χ1n) is 6.54. The molecular weight excluding hydrogens is 170 g/mol. The predicted molar refractivity (Wildman–Crippen MR) is 57.2 cm³/mol. The van der Waals surface area contributed by atoms with Crippen molar-refractivity contribution in [2.24, 2.45) is 10.8 Å². The molecule has 0 amide bonds. The predicted octanol–water partition coefficient (Wildman–Crippen LogP) is 2.81. The molecule has 1 heterocycles. The lowest BCUT2D eigenvalue weighted by atomic mass is 9.75. The van der Waals surface area contributed by atoms with Crippen LogP contribution in [0.3, 0.4) is 0 Å². The fourth-order valence-electron chi connectivity index (χ4n) is 4.63. The van der Waals surface area contributed by atoms with Crippen molar-refractivity contribution in [1.82, 2.24) is 4.90 Å². The van der Waals surface area contributed by atoms with Gasteiger partial charge in [-0.2, -0.15) is 0 Å². The molecule has 0 aromatic heterocycles. The highest BCUT2D eigenvalue weighted by Crippen LogP contribution is 2.81. The van der Waals surface area contributed by atoms with E-state index in [1.54, 1.807) is 25.7 Å². The molecule has 4 rings (SSSR count). The Labute approximate surface area is 86.9 Å². The van der Waals surface area contributed by atoms with E-state index in [0.29, 0.717) is 0 Å². The van der Waals surface area contributed by atoms with Crippen molar-refractivity contribution < 1.29 is 0 Å².